The molecular weight excluding hydrogens is 307 g/mol. The summed E-state index contributed by atoms with van der Waals surface area (Å²) in [6, 6.07) is 3.67. The van der Waals surface area contributed by atoms with E-state index in [2.05, 4.69) is 0 Å². The van der Waals surface area contributed by atoms with Crippen molar-refractivity contribution in [1.82, 2.24) is 0 Å². The standard InChI is InChI=1S/C15H25O6P/c1-6-20-22(16,21-7-2)9-8-12-10-13(17-3)15(19-5)14(11-12)18-4/h10-11H,6-9H2,1-5H3. The van der Waals surface area contributed by atoms with E-state index >= 15 is 0 Å². The highest BCUT2D eigenvalue weighted by Gasteiger charge is 2.24. The topological polar surface area (TPSA) is 63.2 Å². The maximum Gasteiger partial charge on any atom is 0.330 e. The Bertz CT molecular complexity index is 482. The molecule has 0 heterocycles. The minimum atomic E-state index is -3.06. The van der Waals surface area contributed by atoms with E-state index in [0.717, 1.165) is 5.56 Å². The summed E-state index contributed by atoms with van der Waals surface area (Å²) < 4.78 is 39.0. The molecule has 0 aliphatic rings. The van der Waals surface area contributed by atoms with E-state index in [9.17, 15) is 4.57 Å². The monoisotopic (exact) mass is 332 g/mol. The van der Waals surface area contributed by atoms with E-state index in [1.54, 1.807) is 35.2 Å². The van der Waals surface area contributed by atoms with Crippen LogP contribution in [0.2, 0.25) is 0 Å². The second kappa shape index (κ2) is 9.03. The molecule has 0 amide bonds. The van der Waals surface area contributed by atoms with Gasteiger partial charge in [-0.15, -0.1) is 0 Å². The lowest BCUT2D eigenvalue weighted by Gasteiger charge is -2.18. The third-order valence-electron chi connectivity index (χ3n) is 3.05. The number of methoxy groups -OCH3 is 3. The van der Waals surface area contributed by atoms with Gasteiger partial charge in [0.15, 0.2) is 11.5 Å². The summed E-state index contributed by atoms with van der Waals surface area (Å²) in [4.78, 5) is 0. The minimum Gasteiger partial charge on any atom is -0.493 e. The predicted molar refractivity (Wildman–Crippen MR) is 85.5 cm³/mol. The smallest absolute Gasteiger partial charge is 0.330 e. The van der Waals surface area contributed by atoms with Gasteiger partial charge >= 0.3 is 7.60 Å². The van der Waals surface area contributed by atoms with Crippen LogP contribution in [-0.4, -0.2) is 40.7 Å². The van der Waals surface area contributed by atoms with Crippen molar-refractivity contribution in [2.45, 2.75) is 20.3 Å². The maximum absolute atomic E-state index is 12.5. The number of benzene rings is 1. The summed E-state index contributed by atoms with van der Waals surface area (Å²) in [6.07, 6.45) is 0.821. The molecule has 0 saturated heterocycles. The van der Waals surface area contributed by atoms with Crippen molar-refractivity contribution in [3.05, 3.63) is 17.7 Å². The van der Waals surface area contributed by atoms with Crippen LogP contribution in [0.25, 0.3) is 0 Å². The lowest BCUT2D eigenvalue weighted by molar-refractivity contribution is 0.220. The van der Waals surface area contributed by atoms with Gasteiger partial charge in [0.1, 0.15) is 0 Å². The van der Waals surface area contributed by atoms with Gasteiger partial charge in [-0.25, -0.2) is 0 Å². The first kappa shape index (κ1) is 18.8. The Labute approximate surface area is 132 Å². The van der Waals surface area contributed by atoms with E-state index in [-0.39, 0.29) is 0 Å². The zero-order valence-electron chi connectivity index (χ0n) is 13.9. The average molecular weight is 332 g/mol. The van der Waals surface area contributed by atoms with Crippen molar-refractivity contribution in [3.8, 4) is 17.2 Å². The van der Waals surface area contributed by atoms with Gasteiger partial charge < -0.3 is 23.3 Å². The molecule has 0 aliphatic carbocycles. The normalized spacial score (nSPS) is 11.3. The van der Waals surface area contributed by atoms with Crippen LogP contribution >= 0.6 is 7.60 Å². The molecule has 0 saturated carbocycles. The minimum absolute atomic E-state index is 0.299. The van der Waals surface area contributed by atoms with Gasteiger partial charge in [0.05, 0.1) is 40.7 Å². The molecule has 7 heteroatoms. The van der Waals surface area contributed by atoms with Crippen LogP contribution in [0.15, 0.2) is 12.1 Å². The highest BCUT2D eigenvalue weighted by molar-refractivity contribution is 7.53. The fraction of sp³-hybridized carbons (Fsp3) is 0.600. The highest BCUT2D eigenvalue weighted by Crippen LogP contribution is 2.49. The van der Waals surface area contributed by atoms with Gasteiger partial charge in [-0.2, -0.15) is 0 Å². The predicted octanol–water partition coefficient (Wildman–Crippen LogP) is 3.52. The number of ether oxygens (including phenoxy) is 3. The Hall–Kier alpha value is -1.23. The molecule has 0 radical (unpaired) electrons. The summed E-state index contributed by atoms with van der Waals surface area (Å²) in [5.74, 6) is 1.67. The van der Waals surface area contributed by atoms with E-state index in [1.165, 1.54) is 0 Å². The fourth-order valence-electron chi connectivity index (χ4n) is 2.11. The largest absolute Gasteiger partial charge is 0.493 e. The summed E-state index contributed by atoms with van der Waals surface area (Å²) in [7, 11) is 1.61. The Balaban J connectivity index is 2.95. The first-order chi connectivity index (χ1) is 10.5. The third kappa shape index (κ3) is 4.90. The summed E-state index contributed by atoms with van der Waals surface area (Å²) in [6.45, 7) is 4.30. The van der Waals surface area contributed by atoms with Gasteiger partial charge in [0.25, 0.3) is 0 Å². The average Bonchev–Trinajstić information content (AvgIpc) is 2.52. The molecule has 1 aromatic rings. The van der Waals surface area contributed by atoms with E-state index in [1.807, 2.05) is 12.1 Å². The van der Waals surface area contributed by atoms with Crippen molar-refractivity contribution in [3.63, 3.8) is 0 Å². The molecule has 0 aliphatic heterocycles. The molecule has 0 aromatic heterocycles. The van der Waals surface area contributed by atoms with E-state index < -0.39 is 7.60 Å². The van der Waals surface area contributed by atoms with Gasteiger partial charge in [-0.05, 0) is 38.0 Å². The Kier molecular flexibility index (Phi) is 7.73. The molecule has 0 fully saturated rings. The first-order valence-corrected chi connectivity index (χ1v) is 8.93. The van der Waals surface area contributed by atoms with Crippen LogP contribution in [-0.2, 0) is 20.0 Å². The molecular formula is C15H25O6P. The zero-order valence-corrected chi connectivity index (χ0v) is 14.8. The fourth-order valence-corrected chi connectivity index (χ4v) is 3.76. The van der Waals surface area contributed by atoms with Crippen molar-refractivity contribution < 1.29 is 27.8 Å². The van der Waals surface area contributed by atoms with Gasteiger partial charge in [0.2, 0.25) is 5.75 Å². The molecule has 0 unspecified atom stereocenters. The van der Waals surface area contributed by atoms with Crippen LogP contribution < -0.4 is 14.2 Å². The summed E-state index contributed by atoms with van der Waals surface area (Å²) in [5.41, 5.74) is 0.911. The summed E-state index contributed by atoms with van der Waals surface area (Å²) in [5, 5.41) is 0. The third-order valence-corrected chi connectivity index (χ3v) is 5.12. The number of rotatable bonds is 10. The van der Waals surface area contributed by atoms with Crippen molar-refractivity contribution in [1.29, 1.82) is 0 Å². The molecule has 22 heavy (non-hydrogen) atoms. The quantitative estimate of drug-likeness (QED) is 0.611. The van der Waals surface area contributed by atoms with Crippen LogP contribution in [0.3, 0.4) is 0 Å². The second-order valence-corrected chi connectivity index (χ2v) is 6.64. The number of hydrogen-bond acceptors (Lipinski definition) is 6. The van der Waals surface area contributed by atoms with Crippen molar-refractivity contribution >= 4 is 7.60 Å². The van der Waals surface area contributed by atoms with Gasteiger partial charge in [-0.1, -0.05) is 0 Å². The Morgan fingerprint density at radius 3 is 1.77 bits per heavy atom. The van der Waals surface area contributed by atoms with Crippen LogP contribution in [0, 0.1) is 0 Å². The molecule has 1 rings (SSSR count). The lowest BCUT2D eigenvalue weighted by Crippen LogP contribution is -2.04. The Morgan fingerprint density at radius 2 is 1.41 bits per heavy atom. The highest BCUT2D eigenvalue weighted by atomic mass is 31.2. The number of aryl methyl sites for hydroxylation is 1. The summed E-state index contributed by atoms with van der Waals surface area (Å²) >= 11 is 0. The first-order valence-electron chi connectivity index (χ1n) is 7.20. The molecule has 0 atom stereocenters. The van der Waals surface area contributed by atoms with Crippen molar-refractivity contribution in [2.24, 2.45) is 0 Å². The van der Waals surface area contributed by atoms with Gasteiger partial charge in [-0.3, -0.25) is 4.57 Å². The van der Waals surface area contributed by atoms with Gasteiger partial charge in [0, 0.05) is 0 Å². The zero-order chi connectivity index (χ0) is 16.6. The van der Waals surface area contributed by atoms with Crippen LogP contribution in [0.5, 0.6) is 17.2 Å². The molecule has 126 valence electrons. The molecule has 6 nitrogen and oxygen atoms in total. The van der Waals surface area contributed by atoms with Crippen molar-refractivity contribution in [2.75, 3.05) is 40.7 Å². The molecule has 1 aromatic carbocycles. The maximum atomic E-state index is 12.5. The van der Waals surface area contributed by atoms with Crippen LogP contribution in [0.4, 0.5) is 0 Å². The Morgan fingerprint density at radius 1 is 0.909 bits per heavy atom. The van der Waals surface area contributed by atoms with E-state index in [4.69, 9.17) is 23.3 Å². The molecule has 0 bridgehead atoms. The molecule has 0 N–H and O–H groups in total. The van der Waals surface area contributed by atoms with E-state index in [0.29, 0.717) is 43.0 Å². The SMILES string of the molecule is CCOP(=O)(CCc1cc(OC)c(OC)c(OC)c1)OCC. The lowest BCUT2D eigenvalue weighted by atomic mass is 10.1. The second-order valence-electron chi connectivity index (χ2n) is 4.45. The number of hydrogen-bond donors (Lipinski definition) is 0. The molecule has 0 spiro atoms. The van der Waals surface area contributed by atoms with Crippen LogP contribution in [0.1, 0.15) is 19.4 Å².